The molecular formula is C16H25NO3. The lowest BCUT2D eigenvalue weighted by Crippen LogP contribution is -2.34. The average molecular weight is 279 g/mol. The maximum absolute atomic E-state index is 9.90. The minimum absolute atomic E-state index is 0.317. The highest BCUT2D eigenvalue weighted by molar-refractivity contribution is 5.32. The number of aliphatic hydroxyl groups is 1. The molecule has 1 aliphatic rings. The first-order chi connectivity index (χ1) is 9.63. The summed E-state index contributed by atoms with van der Waals surface area (Å²) >= 11 is 0. The Balaban J connectivity index is 1.65. The average Bonchev–Trinajstić information content (AvgIpc) is 2.88. The van der Waals surface area contributed by atoms with E-state index in [9.17, 15) is 5.11 Å². The molecule has 0 amide bonds. The summed E-state index contributed by atoms with van der Waals surface area (Å²) < 4.78 is 11.0. The molecule has 0 aliphatic carbocycles. The highest BCUT2D eigenvalue weighted by Gasteiger charge is 2.15. The van der Waals surface area contributed by atoms with Gasteiger partial charge in [-0.2, -0.15) is 0 Å². The maximum Gasteiger partial charge on any atom is 0.119 e. The fraction of sp³-hybridized carbons (Fsp3) is 0.625. The Morgan fingerprint density at radius 2 is 2.10 bits per heavy atom. The zero-order chi connectivity index (χ0) is 14.4. The lowest BCUT2D eigenvalue weighted by molar-refractivity contribution is 0.105. The Morgan fingerprint density at radius 3 is 2.75 bits per heavy atom. The molecule has 1 heterocycles. The van der Waals surface area contributed by atoms with Crippen molar-refractivity contribution in [1.29, 1.82) is 0 Å². The molecule has 112 valence electrons. The molecule has 0 saturated carbocycles. The van der Waals surface area contributed by atoms with Gasteiger partial charge in [-0.05, 0) is 49.4 Å². The predicted octanol–water partition coefficient (Wildman–Crippen LogP) is 1.67. The fourth-order valence-corrected chi connectivity index (χ4v) is 2.47. The Morgan fingerprint density at radius 1 is 1.35 bits per heavy atom. The lowest BCUT2D eigenvalue weighted by Gasteiger charge is -2.15. The van der Waals surface area contributed by atoms with Gasteiger partial charge >= 0.3 is 0 Å². The van der Waals surface area contributed by atoms with Crippen LogP contribution in [0.2, 0.25) is 0 Å². The quantitative estimate of drug-likeness (QED) is 0.797. The van der Waals surface area contributed by atoms with Crippen molar-refractivity contribution in [1.82, 2.24) is 5.32 Å². The van der Waals surface area contributed by atoms with E-state index in [1.165, 1.54) is 11.1 Å². The zero-order valence-electron chi connectivity index (χ0n) is 12.4. The Hall–Kier alpha value is -1.10. The summed E-state index contributed by atoms with van der Waals surface area (Å²) in [5.74, 6) is 1.41. The highest BCUT2D eigenvalue weighted by atomic mass is 16.5. The third kappa shape index (κ3) is 5.12. The van der Waals surface area contributed by atoms with E-state index in [1.54, 1.807) is 0 Å². The monoisotopic (exact) mass is 279 g/mol. The summed E-state index contributed by atoms with van der Waals surface area (Å²) in [6, 6.07) is 6.08. The molecule has 1 aromatic carbocycles. The Bertz CT molecular complexity index is 396. The molecule has 0 radical (unpaired) electrons. The smallest absolute Gasteiger partial charge is 0.119 e. The third-order valence-corrected chi connectivity index (χ3v) is 3.47. The second kappa shape index (κ2) is 7.62. The van der Waals surface area contributed by atoms with Crippen molar-refractivity contribution in [2.45, 2.75) is 26.4 Å². The van der Waals surface area contributed by atoms with Crippen LogP contribution in [0.15, 0.2) is 18.2 Å². The molecule has 2 rings (SSSR count). The van der Waals surface area contributed by atoms with E-state index >= 15 is 0 Å². The van der Waals surface area contributed by atoms with Crippen LogP contribution in [0, 0.1) is 19.8 Å². The largest absolute Gasteiger partial charge is 0.491 e. The first kappa shape index (κ1) is 15.3. The molecule has 4 heteroatoms. The number of aliphatic hydroxyl groups excluding tert-OH is 1. The molecule has 1 fully saturated rings. The van der Waals surface area contributed by atoms with E-state index in [2.05, 4.69) is 11.4 Å². The van der Waals surface area contributed by atoms with E-state index in [1.807, 2.05) is 26.0 Å². The van der Waals surface area contributed by atoms with E-state index < -0.39 is 6.10 Å². The highest BCUT2D eigenvalue weighted by Crippen LogP contribution is 2.16. The van der Waals surface area contributed by atoms with Crippen molar-refractivity contribution in [3.05, 3.63) is 29.3 Å². The molecule has 2 N–H and O–H groups in total. The topological polar surface area (TPSA) is 50.7 Å². The summed E-state index contributed by atoms with van der Waals surface area (Å²) in [7, 11) is 0. The van der Waals surface area contributed by atoms with Gasteiger partial charge in [0.25, 0.3) is 0 Å². The van der Waals surface area contributed by atoms with Crippen molar-refractivity contribution in [3.63, 3.8) is 0 Å². The minimum atomic E-state index is -0.488. The summed E-state index contributed by atoms with van der Waals surface area (Å²) in [5.41, 5.74) is 2.35. The molecule has 20 heavy (non-hydrogen) atoms. The first-order valence-electron chi connectivity index (χ1n) is 7.31. The number of ether oxygens (including phenoxy) is 2. The standard InChI is InChI=1S/C16H25NO3/c1-12-5-13(2)7-16(6-12)20-11-15(18)9-17-8-14-3-4-19-10-14/h5-7,14-15,17-18H,3-4,8-11H2,1-2H3. The van der Waals surface area contributed by atoms with Crippen LogP contribution in [0.25, 0.3) is 0 Å². The molecule has 0 bridgehead atoms. The van der Waals surface area contributed by atoms with Crippen molar-refractivity contribution in [2.75, 3.05) is 32.9 Å². The van der Waals surface area contributed by atoms with Crippen LogP contribution < -0.4 is 10.1 Å². The molecule has 1 aliphatic heterocycles. The Labute approximate surface area is 121 Å². The number of benzene rings is 1. The van der Waals surface area contributed by atoms with Crippen molar-refractivity contribution < 1.29 is 14.6 Å². The summed E-state index contributed by atoms with van der Waals surface area (Å²) in [6.45, 7) is 7.56. The van der Waals surface area contributed by atoms with Gasteiger partial charge in [-0.1, -0.05) is 6.07 Å². The first-order valence-corrected chi connectivity index (χ1v) is 7.31. The number of hydrogen-bond acceptors (Lipinski definition) is 4. The maximum atomic E-state index is 9.90. The van der Waals surface area contributed by atoms with Crippen LogP contribution in [0.5, 0.6) is 5.75 Å². The minimum Gasteiger partial charge on any atom is -0.491 e. The van der Waals surface area contributed by atoms with Crippen LogP contribution >= 0.6 is 0 Å². The zero-order valence-corrected chi connectivity index (χ0v) is 12.4. The molecule has 2 unspecified atom stereocenters. The van der Waals surface area contributed by atoms with Crippen LogP contribution in [-0.4, -0.2) is 44.1 Å². The second-order valence-electron chi connectivity index (χ2n) is 5.68. The predicted molar refractivity (Wildman–Crippen MR) is 79.2 cm³/mol. The summed E-state index contributed by atoms with van der Waals surface area (Å²) in [4.78, 5) is 0. The lowest BCUT2D eigenvalue weighted by atomic mass is 10.1. The number of nitrogens with one attached hydrogen (secondary N) is 1. The summed E-state index contributed by atoms with van der Waals surface area (Å²) in [6.07, 6.45) is 0.625. The van der Waals surface area contributed by atoms with Gasteiger partial charge in [-0.15, -0.1) is 0 Å². The fourth-order valence-electron chi connectivity index (χ4n) is 2.47. The molecule has 1 aromatic rings. The van der Waals surface area contributed by atoms with Gasteiger partial charge in [-0.25, -0.2) is 0 Å². The number of aryl methyl sites for hydroxylation is 2. The molecule has 4 nitrogen and oxygen atoms in total. The van der Waals surface area contributed by atoms with Crippen molar-refractivity contribution in [3.8, 4) is 5.75 Å². The second-order valence-corrected chi connectivity index (χ2v) is 5.68. The van der Waals surface area contributed by atoms with Gasteiger partial charge in [0.1, 0.15) is 18.5 Å². The molecule has 2 atom stereocenters. The molecule has 0 spiro atoms. The van der Waals surface area contributed by atoms with Gasteiger partial charge in [0.15, 0.2) is 0 Å². The molecule has 1 saturated heterocycles. The number of hydrogen-bond donors (Lipinski definition) is 2. The van der Waals surface area contributed by atoms with Crippen LogP contribution in [0.3, 0.4) is 0 Å². The summed E-state index contributed by atoms with van der Waals surface area (Å²) in [5, 5.41) is 13.2. The molecule has 0 aromatic heterocycles. The van der Waals surface area contributed by atoms with E-state index in [0.717, 1.165) is 31.9 Å². The van der Waals surface area contributed by atoms with Gasteiger partial charge in [0, 0.05) is 19.7 Å². The van der Waals surface area contributed by atoms with E-state index in [-0.39, 0.29) is 0 Å². The van der Waals surface area contributed by atoms with Crippen LogP contribution in [0.1, 0.15) is 17.5 Å². The van der Waals surface area contributed by atoms with Crippen molar-refractivity contribution >= 4 is 0 Å². The van der Waals surface area contributed by atoms with Crippen LogP contribution in [0.4, 0.5) is 0 Å². The number of rotatable bonds is 7. The normalized spacial score (nSPS) is 20.1. The van der Waals surface area contributed by atoms with Crippen molar-refractivity contribution in [2.24, 2.45) is 5.92 Å². The third-order valence-electron chi connectivity index (χ3n) is 3.47. The van der Waals surface area contributed by atoms with Gasteiger partial charge < -0.3 is 19.9 Å². The van der Waals surface area contributed by atoms with Gasteiger partial charge in [0.05, 0.1) is 6.61 Å². The van der Waals surface area contributed by atoms with Crippen LogP contribution in [-0.2, 0) is 4.74 Å². The Kier molecular flexibility index (Phi) is 5.83. The SMILES string of the molecule is Cc1cc(C)cc(OCC(O)CNCC2CCOC2)c1. The molecular weight excluding hydrogens is 254 g/mol. The van der Waals surface area contributed by atoms with Gasteiger partial charge in [-0.3, -0.25) is 0 Å². The van der Waals surface area contributed by atoms with E-state index in [0.29, 0.717) is 19.1 Å². The van der Waals surface area contributed by atoms with Gasteiger partial charge in [0.2, 0.25) is 0 Å². The van der Waals surface area contributed by atoms with E-state index in [4.69, 9.17) is 9.47 Å².